The number of amides is 3. The van der Waals surface area contributed by atoms with Crippen molar-refractivity contribution < 1.29 is 9.59 Å². The van der Waals surface area contributed by atoms with Crippen LogP contribution in [0.2, 0.25) is 0 Å². The van der Waals surface area contributed by atoms with Gasteiger partial charge in [-0.3, -0.25) is 9.69 Å². The average molecular weight is 298 g/mol. The zero-order valence-corrected chi connectivity index (χ0v) is 12.3. The molecule has 0 bridgehead atoms. The lowest BCUT2D eigenvalue weighted by Gasteiger charge is -2.12. The lowest BCUT2D eigenvalue weighted by Crippen LogP contribution is -2.30. The third-order valence-electron chi connectivity index (χ3n) is 3.22. The monoisotopic (exact) mass is 298 g/mol. The van der Waals surface area contributed by atoms with Gasteiger partial charge in [-0.15, -0.1) is 11.3 Å². The fourth-order valence-electron chi connectivity index (χ4n) is 2.22. The zero-order chi connectivity index (χ0) is 14.8. The number of aryl methyl sites for hydroxylation is 1. The van der Waals surface area contributed by atoms with Crippen molar-refractivity contribution >= 4 is 29.4 Å². The molecule has 2 heterocycles. The fraction of sp³-hybridized carbons (Fsp3) is 0.125. The van der Waals surface area contributed by atoms with Gasteiger partial charge in [-0.1, -0.05) is 35.9 Å². The van der Waals surface area contributed by atoms with Gasteiger partial charge in [0.1, 0.15) is 5.70 Å². The molecule has 4 nitrogen and oxygen atoms in total. The summed E-state index contributed by atoms with van der Waals surface area (Å²) in [6.07, 6.45) is 1.71. The average Bonchev–Trinajstić information content (AvgIpc) is 3.04. The standard InChI is InChI=1S/C16H14N2O2S/c1-11-4-2-5-12(8-11)10-18-15(19)14(17-16(18)20)9-13-6-3-7-21-13/h2-9H,10H2,1H3,(H,17,20)/b14-9+. The number of thiophene rings is 1. The van der Waals surface area contributed by atoms with Crippen molar-refractivity contribution in [1.82, 2.24) is 10.2 Å². The highest BCUT2D eigenvalue weighted by atomic mass is 32.1. The van der Waals surface area contributed by atoms with Crippen molar-refractivity contribution in [3.8, 4) is 0 Å². The van der Waals surface area contributed by atoms with E-state index in [1.54, 1.807) is 6.08 Å². The number of nitrogens with one attached hydrogen (secondary N) is 1. The van der Waals surface area contributed by atoms with Gasteiger partial charge in [0.15, 0.2) is 0 Å². The predicted molar refractivity (Wildman–Crippen MR) is 82.6 cm³/mol. The molecule has 0 atom stereocenters. The third-order valence-corrected chi connectivity index (χ3v) is 4.03. The van der Waals surface area contributed by atoms with E-state index >= 15 is 0 Å². The minimum absolute atomic E-state index is 0.282. The number of urea groups is 1. The Morgan fingerprint density at radius 1 is 1.24 bits per heavy atom. The van der Waals surface area contributed by atoms with Gasteiger partial charge in [0.25, 0.3) is 5.91 Å². The summed E-state index contributed by atoms with van der Waals surface area (Å²) in [6.45, 7) is 2.27. The van der Waals surface area contributed by atoms with Crippen LogP contribution in [0, 0.1) is 6.92 Å². The van der Waals surface area contributed by atoms with Gasteiger partial charge in [0.05, 0.1) is 6.54 Å². The summed E-state index contributed by atoms with van der Waals surface area (Å²) in [7, 11) is 0. The van der Waals surface area contributed by atoms with Gasteiger partial charge in [0.2, 0.25) is 0 Å². The molecule has 1 fully saturated rings. The molecule has 0 saturated carbocycles. The summed E-state index contributed by atoms with van der Waals surface area (Å²) in [5.74, 6) is -0.282. The quantitative estimate of drug-likeness (QED) is 0.699. The number of carbonyl (C=O) groups excluding carboxylic acids is 2. The van der Waals surface area contributed by atoms with Gasteiger partial charge in [-0.2, -0.15) is 0 Å². The van der Waals surface area contributed by atoms with E-state index in [2.05, 4.69) is 5.32 Å². The number of nitrogens with zero attached hydrogens (tertiary/aromatic N) is 1. The lowest BCUT2D eigenvalue weighted by molar-refractivity contribution is -0.123. The van der Waals surface area contributed by atoms with E-state index in [1.165, 1.54) is 16.2 Å². The van der Waals surface area contributed by atoms with E-state index in [1.807, 2.05) is 48.7 Å². The maximum Gasteiger partial charge on any atom is 0.329 e. The molecule has 106 valence electrons. The summed E-state index contributed by atoms with van der Waals surface area (Å²) in [5, 5.41) is 4.56. The van der Waals surface area contributed by atoms with Gasteiger partial charge < -0.3 is 5.32 Å². The van der Waals surface area contributed by atoms with Gasteiger partial charge in [0, 0.05) is 4.88 Å². The second kappa shape index (κ2) is 5.54. The summed E-state index contributed by atoms with van der Waals surface area (Å²) < 4.78 is 0. The van der Waals surface area contributed by atoms with Crippen LogP contribution in [0.1, 0.15) is 16.0 Å². The molecule has 0 aliphatic carbocycles. The number of hydrogen-bond donors (Lipinski definition) is 1. The second-order valence-corrected chi connectivity index (χ2v) is 5.86. The molecule has 0 unspecified atom stereocenters. The molecule has 1 saturated heterocycles. The predicted octanol–water partition coefficient (Wildman–Crippen LogP) is 3.15. The molecular weight excluding hydrogens is 284 g/mol. The Morgan fingerprint density at radius 3 is 2.81 bits per heavy atom. The van der Waals surface area contributed by atoms with Crippen molar-refractivity contribution in [2.24, 2.45) is 0 Å². The van der Waals surface area contributed by atoms with E-state index in [4.69, 9.17) is 0 Å². The minimum Gasteiger partial charge on any atom is -0.303 e. The maximum absolute atomic E-state index is 12.3. The summed E-state index contributed by atoms with van der Waals surface area (Å²) in [5.41, 5.74) is 2.37. The molecule has 1 aliphatic heterocycles. The minimum atomic E-state index is -0.371. The first-order chi connectivity index (χ1) is 10.1. The highest BCUT2D eigenvalue weighted by Crippen LogP contribution is 2.19. The van der Waals surface area contributed by atoms with Crippen LogP contribution in [0.3, 0.4) is 0 Å². The number of benzene rings is 1. The van der Waals surface area contributed by atoms with Gasteiger partial charge >= 0.3 is 6.03 Å². The molecule has 1 aromatic heterocycles. The Hall–Kier alpha value is -2.40. The topological polar surface area (TPSA) is 49.4 Å². The Kier molecular flexibility index (Phi) is 3.58. The van der Waals surface area contributed by atoms with Crippen LogP contribution < -0.4 is 5.32 Å². The van der Waals surface area contributed by atoms with Gasteiger partial charge in [-0.05, 0) is 30.0 Å². The molecule has 0 spiro atoms. The molecule has 1 N–H and O–H groups in total. The van der Waals surface area contributed by atoms with E-state index in [-0.39, 0.29) is 18.5 Å². The van der Waals surface area contributed by atoms with Crippen molar-refractivity contribution in [2.45, 2.75) is 13.5 Å². The smallest absolute Gasteiger partial charge is 0.303 e. The molecular formula is C16H14N2O2S. The fourth-order valence-corrected chi connectivity index (χ4v) is 2.88. The maximum atomic E-state index is 12.3. The number of hydrogen-bond acceptors (Lipinski definition) is 3. The van der Waals surface area contributed by atoms with Crippen LogP contribution in [0.4, 0.5) is 4.79 Å². The van der Waals surface area contributed by atoms with Crippen LogP contribution >= 0.6 is 11.3 Å². The Morgan fingerprint density at radius 2 is 2.10 bits per heavy atom. The zero-order valence-electron chi connectivity index (χ0n) is 11.5. The summed E-state index contributed by atoms with van der Waals surface area (Å²) in [4.78, 5) is 26.5. The third kappa shape index (κ3) is 2.87. The first-order valence-corrected chi connectivity index (χ1v) is 7.45. The molecule has 1 aromatic carbocycles. The Balaban J connectivity index is 1.81. The highest BCUT2D eigenvalue weighted by Gasteiger charge is 2.33. The van der Waals surface area contributed by atoms with Gasteiger partial charge in [-0.25, -0.2) is 4.79 Å². The molecule has 3 rings (SSSR count). The van der Waals surface area contributed by atoms with E-state index < -0.39 is 0 Å². The van der Waals surface area contributed by atoms with Crippen molar-refractivity contribution in [3.63, 3.8) is 0 Å². The van der Waals surface area contributed by atoms with Crippen molar-refractivity contribution in [2.75, 3.05) is 0 Å². The van der Waals surface area contributed by atoms with Crippen LogP contribution in [-0.4, -0.2) is 16.8 Å². The SMILES string of the molecule is Cc1cccc(CN2C(=O)N/C(=C/c3cccs3)C2=O)c1. The summed E-state index contributed by atoms with van der Waals surface area (Å²) >= 11 is 1.52. The highest BCUT2D eigenvalue weighted by molar-refractivity contribution is 7.10. The van der Waals surface area contributed by atoms with Crippen LogP contribution in [0.15, 0.2) is 47.5 Å². The van der Waals surface area contributed by atoms with Crippen LogP contribution in [0.25, 0.3) is 6.08 Å². The number of rotatable bonds is 3. The van der Waals surface area contributed by atoms with E-state index in [9.17, 15) is 9.59 Å². The lowest BCUT2D eigenvalue weighted by atomic mass is 10.1. The first-order valence-electron chi connectivity index (χ1n) is 6.57. The van der Waals surface area contributed by atoms with E-state index in [0.29, 0.717) is 5.70 Å². The molecule has 3 amide bonds. The van der Waals surface area contributed by atoms with Crippen LogP contribution in [-0.2, 0) is 11.3 Å². The molecule has 21 heavy (non-hydrogen) atoms. The first kappa shape index (κ1) is 13.6. The van der Waals surface area contributed by atoms with Crippen molar-refractivity contribution in [3.05, 3.63) is 63.5 Å². The second-order valence-electron chi connectivity index (χ2n) is 4.88. The Labute approximate surface area is 126 Å². The molecule has 1 aliphatic rings. The molecule has 0 radical (unpaired) electrons. The molecule has 2 aromatic rings. The summed E-state index contributed by atoms with van der Waals surface area (Å²) in [6, 6.07) is 11.2. The van der Waals surface area contributed by atoms with E-state index in [0.717, 1.165) is 16.0 Å². The number of carbonyl (C=O) groups is 2. The Bertz CT molecular complexity index is 720. The normalized spacial score (nSPS) is 16.6. The van der Waals surface area contributed by atoms with Crippen LogP contribution in [0.5, 0.6) is 0 Å². The molecule has 5 heteroatoms. The number of imide groups is 1. The largest absolute Gasteiger partial charge is 0.329 e. The van der Waals surface area contributed by atoms with Crippen molar-refractivity contribution in [1.29, 1.82) is 0 Å².